The number of aromatic hydroxyl groups is 2. The van der Waals surface area contributed by atoms with Gasteiger partial charge < -0.3 is 24.6 Å². The molecule has 0 amide bonds. The number of phenols is 2. The average molecular weight is 510 g/mol. The number of anilines is 1. The monoisotopic (exact) mass is 509 g/mol. The second-order valence-corrected chi connectivity index (χ2v) is 8.77. The highest BCUT2D eigenvalue weighted by Gasteiger charge is 2.22. The molecule has 2 aromatic carbocycles. The fourth-order valence-corrected chi connectivity index (χ4v) is 3.99. The minimum atomic E-state index is -0.658. The molecule has 0 saturated heterocycles. The van der Waals surface area contributed by atoms with Crippen LogP contribution in [0, 0.1) is 20.8 Å². The van der Waals surface area contributed by atoms with E-state index in [0.717, 1.165) is 18.5 Å². The Hall–Kier alpha value is -2.57. The van der Waals surface area contributed by atoms with Crippen LogP contribution in [0.3, 0.4) is 0 Å². The van der Waals surface area contributed by atoms with E-state index in [-0.39, 0.29) is 28.4 Å². The van der Waals surface area contributed by atoms with Crippen molar-refractivity contribution < 1.29 is 24.5 Å². The van der Waals surface area contributed by atoms with Crippen LogP contribution in [0.25, 0.3) is 5.76 Å². The Kier molecular flexibility index (Phi) is 10.4. The molecule has 2 aromatic rings. The molecule has 0 unspecified atom stereocenters. The second kappa shape index (κ2) is 12.8. The molecule has 0 radical (unpaired) electrons. The summed E-state index contributed by atoms with van der Waals surface area (Å²) >= 11 is 11.9. The molecular formula is C26H33Cl2NO5. The molecule has 2 N–H and O–H groups in total. The lowest BCUT2D eigenvalue weighted by Gasteiger charge is -2.26. The normalized spacial score (nSPS) is 10.8. The third-order valence-electron chi connectivity index (χ3n) is 5.74. The first-order chi connectivity index (χ1) is 16.2. The largest absolute Gasteiger partial charge is 0.507 e. The predicted molar refractivity (Wildman–Crippen MR) is 139 cm³/mol. The van der Waals surface area contributed by atoms with Crippen LogP contribution in [0.2, 0.25) is 0 Å². The van der Waals surface area contributed by atoms with E-state index in [1.54, 1.807) is 39.0 Å². The lowest BCUT2D eigenvalue weighted by atomic mass is 9.96. The summed E-state index contributed by atoms with van der Waals surface area (Å²) in [5, 5.41) is 21.0. The van der Waals surface area contributed by atoms with Crippen molar-refractivity contribution in [3.63, 3.8) is 0 Å². The van der Waals surface area contributed by atoms with E-state index >= 15 is 0 Å². The summed E-state index contributed by atoms with van der Waals surface area (Å²) < 4.78 is 11.5. The van der Waals surface area contributed by atoms with Gasteiger partial charge in [-0.2, -0.15) is 0 Å². The lowest BCUT2D eigenvalue weighted by molar-refractivity contribution is 0.0692. The standard InChI is InChI=1S/C26H33Cl2NO5/c1-6-7-14-33-22-15-20(8-9-21(22)29(12-10-27)13-11-28)26(32)34-19(5)23-18(4)24(30)16(2)17(3)25(23)31/h8-9,15,30-31H,5-7,10-14H2,1-4H3. The van der Waals surface area contributed by atoms with Crippen molar-refractivity contribution in [1.82, 2.24) is 0 Å². The Bertz CT molecular complexity index is 1000. The van der Waals surface area contributed by atoms with Crippen LogP contribution in [0.5, 0.6) is 17.2 Å². The quantitative estimate of drug-likeness (QED) is 0.115. The Morgan fingerprint density at radius 1 is 1.03 bits per heavy atom. The maximum Gasteiger partial charge on any atom is 0.343 e. The van der Waals surface area contributed by atoms with Crippen LogP contribution in [-0.2, 0) is 4.74 Å². The van der Waals surface area contributed by atoms with Crippen LogP contribution in [-0.4, -0.2) is 47.6 Å². The van der Waals surface area contributed by atoms with Crippen molar-refractivity contribution in [2.24, 2.45) is 0 Å². The van der Waals surface area contributed by atoms with Gasteiger partial charge in [0.05, 0.1) is 23.4 Å². The zero-order chi connectivity index (χ0) is 25.4. The number of esters is 1. The van der Waals surface area contributed by atoms with Crippen molar-refractivity contribution in [1.29, 1.82) is 0 Å². The van der Waals surface area contributed by atoms with Gasteiger partial charge in [0.1, 0.15) is 23.0 Å². The Morgan fingerprint density at radius 3 is 2.24 bits per heavy atom. The number of carbonyl (C=O) groups excluding carboxylic acids is 1. The Labute approximate surface area is 211 Å². The van der Waals surface area contributed by atoms with Gasteiger partial charge in [-0.25, -0.2) is 4.79 Å². The van der Waals surface area contributed by atoms with Gasteiger partial charge in [-0.05, 0) is 56.5 Å². The maximum absolute atomic E-state index is 13.0. The van der Waals surface area contributed by atoms with E-state index in [4.69, 9.17) is 32.7 Å². The molecule has 0 atom stereocenters. The van der Waals surface area contributed by atoms with Crippen LogP contribution in [0.4, 0.5) is 5.69 Å². The van der Waals surface area contributed by atoms with E-state index < -0.39 is 5.97 Å². The number of nitrogens with zero attached hydrogens (tertiary/aromatic N) is 1. The summed E-state index contributed by atoms with van der Waals surface area (Å²) in [5.41, 5.74) is 2.68. The number of benzene rings is 2. The first-order valence-corrected chi connectivity index (χ1v) is 12.3. The molecule has 0 aliphatic carbocycles. The first kappa shape index (κ1) is 27.7. The molecule has 2 rings (SSSR count). The van der Waals surface area contributed by atoms with Gasteiger partial charge in [0, 0.05) is 30.4 Å². The number of rotatable bonds is 12. The zero-order valence-electron chi connectivity index (χ0n) is 20.2. The van der Waals surface area contributed by atoms with E-state index in [9.17, 15) is 15.0 Å². The number of unbranched alkanes of at least 4 members (excludes halogenated alkanes) is 1. The number of ether oxygens (including phenoxy) is 2. The summed E-state index contributed by atoms with van der Waals surface area (Å²) in [7, 11) is 0. The van der Waals surface area contributed by atoms with Crippen molar-refractivity contribution in [3.05, 3.63) is 52.6 Å². The van der Waals surface area contributed by atoms with Gasteiger partial charge in [0.15, 0.2) is 0 Å². The molecule has 34 heavy (non-hydrogen) atoms. The minimum absolute atomic E-state index is 0.0251. The molecule has 0 saturated carbocycles. The number of phenolic OH excluding ortho intramolecular Hbond substituents is 2. The van der Waals surface area contributed by atoms with Crippen molar-refractivity contribution >= 4 is 40.6 Å². The van der Waals surface area contributed by atoms with Gasteiger partial charge >= 0.3 is 5.97 Å². The maximum atomic E-state index is 13.0. The van der Waals surface area contributed by atoms with Gasteiger partial charge in [-0.1, -0.05) is 19.9 Å². The third-order valence-corrected chi connectivity index (χ3v) is 6.07. The van der Waals surface area contributed by atoms with Crippen LogP contribution < -0.4 is 9.64 Å². The summed E-state index contributed by atoms with van der Waals surface area (Å²) in [4.78, 5) is 15.0. The molecular weight excluding hydrogens is 477 g/mol. The topological polar surface area (TPSA) is 79.2 Å². The summed E-state index contributed by atoms with van der Waals surface area (Å²) in [6.45, 7) is 12.6. The zero-order valence-corrected chi connectivity index (χ0v) is 21.7. The van der Waals surface area contributed by atoms with Crippen LogP contribution in [0.15, 0.2) is 24.8 Å². The Morgan fingerprint density at radius 2 is 1.65 bits per heavy atom. The van der Waals surface area contributed by atoms with Gasteiger partial charge in [-0.3, -0.25) is 0 Å². The number of alkyl halides is 2. The molecule has 0 bridgehead atoms. The van der Waals surface area contributed by atoms with E-state index in [1.807, 2.05) is 4.90 Å². The fraction of sp³-hybridized carbons (Fsp3) is 0.423. The molecule has 0 fully saturated rings. The van der Waals surface area contributed by atoms with Crippen molar-refractivity contribution in [2.45, 2.75) is 40.5 Å². The highest BCUT2D eigenvalue weighted by atomic mass is 35.5. The molecule has 0 aliphatic heterocycles. The number of carbonyl (C=O) groups is 1. The fourth-order valence-electron chi connectivity index (χ4n) is 3.58. The SMILES string of the molecule is C=C(OC(=O)c1ccc(N(CCCl)CCCl)c(OCCCC)c1)c1c(C)c(O)c(C)c(C)c1O. The smallest absolute Gasteiger partial charge is 0.343 e. The van der Waals surface area contributed by atoms with Gasteiger partial charge in [-0.15, -0.1) is 23.2 Å². The highest BCUT2D eigenvalue weighted by Crippen LogP contribution is 2.40. The molecule has 0 heterocycles. The lowest BCUT2D eigenvalue weighted by Crippen LogP contribution is -2.28. The number of halogens is 2. The summed E-state index contributed by atoms with van der Waals surface area (Å²) in [5.74, 6) is 0.601. The van der Waals surface area contributed by atoms with Gasteiger partial charge in [0.2, 0.25) is 0 Å². The van der Waals surface area contributed by atoms with Crippen molar-refractivity contribution in [3.8, 4) is 17.2 Å². The van der Waals surface area contributed by atoms with E-state index in [1.165, 1.54) is 0 Å². The van der Waals surface area contributed by atoms with Crippen molar-refractivity contribution in [2.75, 3.05) is 36.4 Å². The third kappa shape index (κ3) is 6.30. The highest BCUT2D eigenvalue weighted by molar-refractivity contribution is 6.18. The van der Waals surface area contributed by atoms with Crippen LogP contribution >= 0.6 is 23.2 Å². The first-order valence-electron chi connectivity index (χ1n) is 11.2. The van der Waals surface area contributed by atoms with Gasteiger partial charge in [0.25, 0.3) is 0 Å². The predicted octanol–water partition coefficient (Wildman–Crippen LogP) is 6.31. The number of hydrogen-bond acceptors (Lipinski definition) is 6. The molecule has 0 aromatic heterocycles. The van der Waals surface area contributed by atoms with E-state index in [0.29, 0.717) is 53.9 Å². The molecule has 186 valence electrons. The average Bonchev–Trinajstić information content (AvgIpc) is 2.81. The summed E-state index contributed by atoms with van der Waals surface area (Å²) in [6.07, 6.45) is 1.83. The van der Waals surface area contributed by atoms with E-state index in [2.05, 4.69) is 13.5 Å². The Balaban J connectivity index is 2.37. The molecule has 8 heteroatoms. The summed E-state index contributed by atoms with van der Waals surface area (Å²) in [6, 6.07) is 5.04. The van der Waals surface area contributed by atoms with Crippen LogP contribution in [0.1, 0.15) is 52.4 Å². The molecule has 0 aliphatic rings. The molecule has 0 spiro atoms. The second-order valence-electron chi connectivity index (χ2n) is 8.01. The number of hydrogen-bond donors (Lipinski definition) is 2. The minimum Gasteiger partial charge on any atom is -0.507 e. The molecule has 6 nitrogen and oxygen atoms in total.